The van der Waals surface area contributed by atoms with Crippen LogP contribution >= 0.6 is 0 Å². The molecule has 0 aliphatic carbocycles. The van der Waals surface area contributed by atoms with Crippen LogP contribution in [0, 0.1) is 0 Å². The molecule has 0 fully saturated rings. The molecule has 0 atom stereocenters. The molecule has 9 nitrogen and oxygen atoms in total. The highest BCUT2D eigenvalue weighted by atomic mass is 16.5. The molecule has 0 radical (unpaired) electrons. The summed E-state index contributed by atoms with van der Waals surface area (Å²) in [5, 5.41) is 9.34. The number of hydrogen-bond donors (Lipinski definition) is 2. The van der Waals surface area contributed by atoms with Gasteiger partial charge in [0.15, 0.2) is 11.5 Å². The molecule has 0 spiro atoms. The van der Waals surface area contributed by atoms with E-state index >= 15 is 0 Å². The van der Waals surface area contributed by atoms with Crippen LogP contribution in [0.25, 0.3) is 0 Å². The lowest BCUT2D eigenvalue weighted by Gasteiger charge is -2.06. The van der Waals surface area contributed by atoms with Crippen molar-refractivity contribution in [3.63, 3.8) is 0 Å². The minimum absolute atomic E-state index is 0.104. The molecule has 3 rings (SSSR count). The highest BCUT2D eigenvalue weighted by Gasteiger charge is 2.19. The number of anilines is 1. The first-order valence-electron chi connectivity index (χ1n) is 9.59. The average Bonchev–Trinajstić information content (AvgIpc) is 3.40. The molecule has 0 bridgehead atoms. The first kappa shape index (κ1) is 21.0. The van der Waals surface area contributed by atoms with Crippen LogP contribution in [-0.2, 0) is 13.2 Å². The zero-order valence-corrected chi connectivity index (χ0v) is 17.1. The number of carbonyl (C=O) groups is 2. The molecule has 0 aliphatic rings. The van der Waals surface area contributed by atoms with Crippen LogP contribution in [0.3, 0.4) is 0 Å². The highest BCUT2D eigenvalue weighted by molar-refractivity contribution is 6.06. The molecule has 0 aliphatic heterocycles. The fraction of sp³-hybridized carbons (Fsp3) is 0.286. The summed E-state index contributed by atoms with van der Waals surface area (Å²) < 4.78 is 18.2. The zero-order valence-electron chi connectivity index (χ0n) is 17.1. The maximum Gasteiger partial charge on any atom is 0.291 e. The van der Waals surface area contributed by atoms with Crippen molar-refractivity contribution in [1.29, 1.82) is 0 Å². The summed E-state index contributed by atoms with van der Waals surface area (Å²) >= 11 is 0. The van der Waals surface area contributed by atoms with E-state index in [1.165, 1.54) is 7.05 Å². The standard InChI is InChI=1S/C21H24N4O5/c1-4-25-12-17(19(24-25)21(27)22-3)23-20(26)18-11-10-16(30-18)13-29-15-8-6-14(7-9-15)28-5-2/h6-12H,4-5,13H2,1-3H3,(H,22,27)(H,23,26). The summed E-state index contributed by atoms with van der Waals surface area (Å²) in [5.74, 6) is 1.15. The van der Waals surface area contributed by atoms with E-state index in [1.54, 1.807) is 35.1 Å². The Labute approximate surface area is 174 Å². The lowest BCUT2D eigenvalue weighted by Crippen LogP contribution is -2.21. The maximum absolute atomic E-state index is 12.5. The van der Waals surface area contributed by atoms with E-state index in [0.717, 1.165) is 5.75 Å². The molecule has 0 saturated carbocycles. The van der Waals surface area contributed by atoms with Crippen molar-refractivity contribution < 1.29 is 23.5 Å². The van der Waals surface area contributed by atoms with Gasteiger partial charge < -0.3 is 24.5 Å². The van der Waals surface area contributed by atoms with Crippen molar-refractivity contribution in [2.75, 3.05) is 19.0 Å². The lowest BCUT2D eigenvalue weighted by molar-refractivity contribution is 0.0958. The SMILES string of the molecule is CCOc1ccc(OCc2ccc(C(=O)Nc3cn(CC)nc3C(=O)NC)o2)cc1. The van der Waals surface area contributed by atoms with Crippen LogP contribution in [0.2, 0.25) is 0 Å². The largest absolute Gasteiger partial charge is 0.494 e. The van der Waals surface area contributed by atoms with E-state index in [-0.39, 0.29) is 24.0 Å². The van der Waals surface area contributed by atoms with Gasteiger partial charge in [0.1, 0.15) is 23.9 Å². The number of nitrogens with one attached hydrogen (secondary N) is 2. The van der Waals surface area contributed by atoms with Gasteiger partial charge in [-0.05, 0) is 50.2 Å². The summed E-state index contributed by atoms with van der Waals surface area (Å²) in [6.07, 6.45) is 1.60. The second kappa shape index (κ2) is 9.64. The lowest BCUT2D eigenvalue weighted by atomic mass is 10.3. The van der Waals surface area contributed by atoms with Crippen molar-refractivity contribution in [2.24, 2.45) is 0 Å². The number of aryl methyl sites for hydroxylation is 1. The van der Waals surface area contributed by atoms with Crippen LogP contribution in [0.5, 0.6) is 11.5 Å². The molecule has 3 aromatic rings. The van der Waals surface area contributed by atoms with Crippen molar-refractivity contribution in [2.45, 2.75) is 27.0 Å². The van der Waals surface area contributed by atoms with Crippen LogP contribution in [0.15, 0.2) is 47.0 Å². The Bertz CT molecular complexity index is 1010. The van der Waals surface area contributed by atoms with Gasteiger partial charge >= 0.3 is 0 Å². The van der Waals surface area contributed by atoms with Gasteiger partial charge in [-0.3, -0.25) is 14.3 Å². The Morgan fingerprint density at radius 1 is 1.03 bits per heavy atom. The van der Waals surface area contributed by atoms with E-state index in [0.29, 0.717) is 30.3 Å². The number of aromatic nitrogens is 2. The molecular formula is C21H24N4O5. The number of nitrogens with zero attached hydrogens (tertiary/aromatic N) is 2. The number of carbonyl (C=O) groups excluding carboxylic acids is 2. The number of hydrogen-bond acceptors (Lipinski definition) is 6. The molecule has 1 aromatic carbocycles. The quantitative estimate of drug-likeness (QED) is 0.559. The van der Waals surface area contributed by atoms with Gasteiger partial charge in [-0.15, -0.1) is 0 Å². The van der Waals surface area contributed by atoms with Crippen LogP contribution < -0.4 is 20.1 Å². The second-order valence-electron chi connectivity index (χ2n) is 6.24. The Morgan fingerprint density at radius 2 is 1.73 bits per heavy atom. The van der Waals surface area contributed by atoms with E-state index in [2.05, 4.69) is 15.7 Å². The Morgan fingerprint density at radius 3 is 2.37 bits per heavy atom. The molecule has 9 heteroatoms. The summed E-state index contributed by atoms with van der Waals surface area (Å²) in [7, 11) is 1.50. The van der Waals surface area contributed by atoms with Crippen LogP contribution in [0.1, 0.15) is 40.7 Å². The van der Waals surface area contributed by atoms with E-state index in [1.807, 2.05) is 26.0 Å². The number of furan rings is 1. The summed E-state index contributed by atoms with van der Waals surface area (Å²) in [6.45, 7) is 5.13. The van der Waals surface area contributed by atoms with Gasteiger partial charge in [0.25, 0.3) is 11.8 Å². The van der Waals surface area contributed by atoms with E-state index in [4.69, 9.17) is 13.9 Å². The number of ether oxygens (including phenoxy) is 2. The third-order valence-electron chi connectivity index (χ3n) is 4.18. The zero-order chi connectivity index (χ0) is 21.5. The van der Waals surface area contributed by atoms with Gasteiger partial charge in [-0.25, -0.2) is 0 Å². The average molecular weight is 412 g/mol. The van der Waals surface area contributed by atoms with Crippen LogP contribution in [0.4, 0.5) is 5.69 Å². The van der Waals surface area contributed by atoms with Gasteiger partial charge in [0.05, 0.1) is 12.3 Å². The van der Waals surface area contributed by atoms with Gasteiger partial charge in [-0.1, -0.05) is 0 Å². The topological polar surface area (TPSA) is 108 Å². The highest BCUT2D eigenvalue weighted by Crippen LogP contribution is 2.20. The Balaban J connectivity index is 1.62. The minimum atomic E-state index is -0.483. The Hall–Kier alpha value is -3.75. The molecule has 30 heavy (non-hydrogen) atoms. The molecule has 0 unspecified atom stereocenters. The van der Waals surface area contributed by atoms with Gasteiger partial charge in [-0.2, -0.15) is 5.10 Å². The summed E-state index contributed by atoms with van der Waals surface area (Å²) in [6, 6.07) is 10.5. The fourth-order valence-corrected chi connectivity index (χ4v) is 2.68. The van der Waals surface area contributed by atoms with Crippen molar-refractivity contribution >= 4 is 17.5 Å². The molecule has 2 N–H and O–H groups in total. The molecule has 2 heterocycles. The summed E-state index contributed by atoms with van der Waals surface area (Å²) in [4.78, 5) is 24.5. The van der Waals surface area contributed by atoms with E-state index in [9.17, 15) is 9.59 Å². The predicted octanol–water partition coefficient (Wildman–Crippen LogP) is 3.09. The van der Waals surface area contributed by atoms with Crippen molar-refractivity contribution in [3.05, 3.63) is 59.8 Å². The number of benzene rings is 1. The third-order valence-corrected chi connectivity index (χ3v) is 4.18. The van der Waals surface area contributed by atoms with Crippen molar-refractivity contribution in [1.82, 2.24) is 15.1 Å². The first-order chi connectivity index (χ1) is 14.5. The smallest absolute Gasteiger partial charge is 0.291 e. The summed E-state index contributed by atoms with van der Waals surface area (Å²) in [5.41, 5.74) is 0.447. The normalized spacial score (nSPS) is 10.5. The second-order valence-corrected chi connectivity index (χ2v) is 6.24. The number of amides is 2. The Kier molecular flexibility index (Phi) is 6.74. The van der Waals surface area contributed by atoms with E-state index < -0.39 is 5.91 Å². The molecule has 158 valence electrons. The number of rotatable bonds is 9. The molecular weight excluding hydrogens is 388 g/mol. The molecule has 2 aromatic heterocycles. The van der Waals surface area contributed by atoms with Crippen molar-refractivity contribution in [3.8, 4) is 11.5 Å². The maximum atomic E-state index is 12.5. The van der Waals surface area contributed by atoms with Gasteiger partial charge in [0, 0.05) is 19.8 Å². The third kappa shape index (κ3) is 4.99. The fourth-order valence-electron chi connectivity index (χ4n) is 2.68. The minimum Gasteiger partial charge on any atom is -0.494 e. The van der Waals surface area contributed by atoms with Crippen LogP contribution in [-0.4, -0.2) is 35.2 Å². The van der Waals surface area contributed by atoms with Gasteiger partial charge in [0.2, 0.25) is 0 Å². The monoisotopic (exact) mass is 412 g/mol. The molecule has 0 saturated heterocycles. The molecule has 2 amide bonds. The predicted molar refractivity (Wildman–Crippen MR) is 110 cm³/mol. The first-order valence-corrected chi connectivity index (χ1v) is 9.59.